The molecule has 0 aromatic carbocycles. The number of rotatable bonds is 1. The van der Waals surface area contributed by atoms with E-state index in [9.17, 15) is 8.78 Å². The number of hydrogen-bond donors (Lipinski definition) is 2. The van der Waals surface area contributed by atoms with E-state index in [1.54, 1.807) is 0 Å². The minimum absolute atomic E-state index is 1.00. The van der Waals surface area contributed by atoms with Crippen molar-refractivity contribution in [2.45, 2.75) is 6.43 Å². The normalized spacial score (nSPS) is 7.62. The number of aliphatic carboxylic acids is 1. The molecule has 0 heterocycles. The molecule has 0 fully saturated rings. The molecule has 50 valence electrons. The van der Waals surface area contributed by atoms with Gasteiger partial charge in [0.2, 0.25) is 0 Å². The average Bonchev–Trinajstić information content (AvgIpc) is 1.72. The monoisotopic (exact) mass is 128 g/mol. The first-order valence-corrected chi connectivity index (χ1v) is 1.60. The molecule has 0 aliphatic rings. The molecular formula is C3H6F2O3. The second kappa shape index (κ2) is 6.29. The van der Waals surface area contributed by atoms with Crippen molar-refractivity contribution in [1.82, 2.24) is 0 Å². The van der Waals surface area contributed by atoms with Crippen molar-refractivity contribution < 1.29 is 23.8 Å². The minimum atomic E-state index is -3.23. The highest BCUT2D eigenvalue weighted by atomic mass is 19.3. The number of carboxylic acid groups (broad SMARTS) is 1. The minimum Gasteiger partial charge on any atom is -0.477 e. The summed E-state index contributed by atoms with van der Waals surface area (Å²) in [5, 5.41) is 14.2. The van der Waals surface area contributed by atoms with Gasteiger partial charge in [0.25, 0.3) is 0 Å². The SMILES string of the molecule is CO.O=C(O)C(F)F. The van der Waals surface area contributed by atoms with Crippen molar-refractivity contribution >= 4 is 5.97 Å². The maximum atomic E-state index is 10.6. The highest BCUT2D eigenvalue weighted by Crippen LogP contribution is 1.87. The van der Waals surface area contributed by atoms with Gasteiger partial charge in [-0.1, -0.05) is 0 Å². The van der Waals surface area contributed by atoms with Gasteiger partial charge in [0.15, 0.2) is 0 Å². The van der Waals surface area contributed by atoms with Crippen molar-refractivity contribution in [2.75, 3.05) is 7.11 Å². The Morgan fingerprint density at radius 2 is 1.62 bits per heavy atom. The fourth-order valence-electron chi connectivity index (χ4n) is 0. The zero-order valence-corrected chi connectivity index (χ0v) is 4.14. The standard InChI is InChI=1S/C2H2F2O2.CH4O/c3-1(4)2(5)6;1-2/h1H,(H,5,6);2H,1H3. The van der Waals surface area contributed by atoms with Crippen molar-refractivity contribution in [2.24, 2.45) is 0 Å². The van der Waals surface area contributed by atoms with Gasteiger partial charge in [-0.3, -0.25) is 0 Å². The summed E-state index contributed by atoms with van der Waals surface area (Å²) in [7, 11) is 1.00. The van der Waals surface area contributed by atoms with Crippen LogP contribution in [0.15, 0.2) is 0 Å². The topological polar surface area (TPSA) is 57.5 Å². The Kier molecular flexibility index (Phi) is 8.10. The van der Waals surface area contributed by atoms with Crippen LogP contribution in [0.5, 0.6) is 0 Å². The van der Waals surface area contributed by atoms with Crippen LogP contribution < -0.4 is 0 Å². The van der Waals surface area contributed by atoms with E-state index < -0.39 is 12.4 Å². The lowest BCUT2D eigenvalue weighted by atomic mass is 10.7. The number of aliphatic hydroxyl groups excluding tert-OH is 1. The van der Waals surface area contributed by atoms with Crippen LogP contribution in [0, 0.1) is 0 Å². The predicted octanol–water partition coefficient (Wildman–Crippen LogP) is -0.0554. The van der Waals surface area contributed by atoms with E-state index in [2.05, 4.69) is 0 Å². The first kappa shape index (κ1) is 10.3. The summed E-state index contributed by atoms with van der Waals surface area (Å²) in [5.74, 6) is -2.07. The quantitative estimate of drug-likeness (QED) is 0.520. The first-order chi connectivity index (χ1) is 3.64. The molecule has 8 heavy (non-hydrogen) atoms. The van der Waals surface area contributed by atoms with E-state index >= 15 is 0 Å². The highest BCUT2D eigenvalue weighted by Gasteiger charge is 2.10. The zero-order chi connectivity index (χ0) is 7.15. The molecule has 0 aromatic rings. The summed E-state index contributed by atoms with van der Waals surface area (Å²) in [4.78, 5) is 8.95. The van der Waals surface area contributed by atoms with Gasteiger partial charge in [-0.15, -0.1) is 0 Å². The molecule has 5 heteroatoms. The Bertz CT molecular complexity index is 63.5. The highest BCUT2D eigenvalue weighted by molar-refractivity contribution is 5.70. The Balaban J connectivity index is 0. The molecule has 0 rings (SSSR count). The summed E-state index contributed by atoms with van der Waals surface area (Å²) in [6.45, 7) is 0. The molecule has 0 spiro atoms. The van der Waals surface area contributed by atoms with E-state index in [0.717, 1.165) is 7.11 Å². The van der Waals surface area contributed by atoms with E-state index in [0.29, 0.717) is 0 Å². The molecule has 0 amide bonds. The van der Waals surface area contributed by atoms with Crippen molar-refractivity contribution in [3.63, 3.8) is 0 Å². The van der Waals surface area contributed by atoms with Gasteiger partial charge < -0.3 is 10.2 Å². The molecule has 0 saturated heterocycles. The van der Waals surface area contributed by atoms with Crippen LogP contribution in [0.2, 0.25) is 0 Å². The number of aliphatic hydroxyl groups is 1. The number of carboxylic acids is 1. The van der Waals surface area contributed by atoms with Gasteiger partial charge in [-0.25, -0.2) is 4.79 Å². The van der Waals surface area contributed by atoms with E-state index in [1.165, 1.54) is 0 Å². The Morgan fingerprint density at radius 1 is 1.50 bits per heavy atom. The zero-order valence-electron chi connectivity index (χ0n) is 4.14. The molecule has 3 nitrogen and oxygen atoms in total. The second-order valence-corrected chi connectivity index (χ2v) is 0.639. The van der Waals surface area contributed by atoms with Crippen molar-refractivity contribution in [1.29, 1.82) is 0 Å². The maximum Gasteiger partial charge on any atom is 0.371 e. The first-order valence-electron chi connectivity index (χ1n) is 1.60. The molecular weight excluding hydrogens is 122 g/mol. The van der Waals surface area contributed by atoms with E-state index in [4.69, 9.17) is 15.0 Å². The predicted molar refractivity (Wildman–Crippen MR) is 21.8 cm³/mol. The molecule has 0 radical (unpaired) electrons. The van der Waals surface area contributed by atoms with Crippen LogP contribution in [-0.2, 0) is 4.79 Å². The number of carbonyl (C=O) groups is 1. The smallest absolute Gasteiger partial charge is 0.371 e. The van der Waals surface area contributed by atoms with Crippen molar-refractivity contribution in [3.05, 3.63) is 0 Å². The molecule has 0 unspecified atom stereocenters. The Labute approximate surface area is 44.6 Å². The molecule has 0 atom stereocenters. The van der Waals surface area contributed by atoms with Gasteiger partial charge >= 0.3 is 12.4 Å². The van der Waals surface area contributed by atoms with Crippen LogP contribution in [0.3, 0.4) is 0 Å². The van der Waals surface area contributed by atoms with Crippen LogP contribution >= 0.6 is 0 Å². The summed E-state index contributed by atoms with van der Waals surface area (Å²) in [6, 6.07) is 0. The maximum absolute atomic E-state index is 10.6. The summed E-state index contributed by atoms with van der Waals surface area (Å²) in [5.41, 5.74) is 0. The average molecular weight is 128 g/mol. The van der Waals surface area contributed by atoms with Gasteiger partial charge in [0.05, 0.1) is 0 Å². The fraction of sp³-hybridized carbons (Fsp3) is 0.667. The summed E-state index contributed by atoms with van der Waals surface area (Å²) in [6.07, 6.45) is -3.23. The third-order valence-electron chi connectivity index (χ3n) is 0.187. The molecule has 0 bridgehead atoms. The third kappa shape index (κ3) is 8.99. The van der Waals surface area contributed by atoms with Gasteiger partial charge in [0, 0.05) is 7.11 Å². The molecule has 0 aromatic heterocycles. The number of hydrogen-bond acceptors (Lipinski definition) is 2. The van der Waals surface area contributed by atoms with Gasteiger partial charge in [-0.2, -0.15) is 8.78 Å². The summed E-state index contributed by atoms with van der Waals surface area (Å²) < 4.78 is 21.1. The third-order valence-corrected chi connectivity index (χ3v) is 0.187. The van der Waals surface area contributed by atoms with Gasteiger partial charge in [0.1, 0.15) is 0 Å². The Hall–Kier alpha value is -0.710. The Morgan fingerprint density at radius 3 is 1.62 bits per heavy atom. The lowest BCUT2D eigenvalue weighted by Gasteiger charge is -1.81. The molecule has 0 aliphatic heterocycles. The van der Waals surface area contributed by atoms with Crippen LogP contribution in [0.1, 0.15) is 0 Å². The fourth-order valence-corrected chi connectivity index (χ4v) is 0. The molecule has 0 aliphatic carbocycles. The van der Waals surface area contributed by atoms with E-state index in [1.807, 2.05) is 0 Å². The summed E-state index contributed by atoms with van der Waals surface area (Å²) >= 11 is 0. The van der Waals surface area contributed by atoms with E-state index in [-0.39, 0.29) is 0 Å². The van der Waals surface area contributed by atoms with Crippen LogP contribution in [0.25, 0.3) is 0 Å². The van der Waals surface area contributed by atoms with Crippen LogP contribution in [0.4, 0.5) is 8.78 Å². The molecule has 0 saturated carbocycles. The van der Waals surface area contributed by atoms with Crippen LogP contribution in [-0.4, -0.2) is 29.7 Å². The number of alkyl halides is 2. The number of halogens is 2. The largest absolute Gasteiger partial charge is 0.477 e. The lowest BCUT2D eigenvalue weighted by Crippen LogP contribution is -2.06. The van der Waals surface area contributed by atoms with Gasteiger partial charge in [-0.05, 0) is 0 Å². The van der Waals surface area contributed by atoms with Crippen molar-refractivity contribution in [3.8, 4) is 0 Å². The lowest BCUT2D eigenvalue weighted by molar-refractivity contribution is -0.149. The second-order valence-electron chi connectivity index (χ2n) is 0.639. The molecule has 2 N–H and O–H groups in total.